The van der Waals surface area contributed by atoms with E-state index < -0.39 is 0 Å². The summed E-state index contributed by atoms with van der Waals surface area (Å²) in [4.78, 5) is 16.5. The predicted octanol–water partition coefficient (Wildman–Crippen LogP) is 3.08. The summed E-state index contributed by atoms with van der Waals surface area (Å²) in [6, 6.07) is 12.0. The molecule has 0 saturated heterocycles. The molecule has 106 valence electrons. The highest BCUT2D eigenvalue weighted by molar-refractivity contribution is 7.98. The van der Waals surface area contributed by atoms with Crippen molar-refractivity contribution in [2.24, 2.45) is 0 Å². The van der Waals surface area contributed by atoms with Gasteiger partial charge in [-0.3, -0.25) is 4.79 Å². The van der Waals surface area contributed by atoms with E-state index in [1.54, 1.807) is 22.5 Å². The first kappa shape index (κ1) is 13.6. The quantitative estimate of drug-likeness (QED) is 0.755. The molecule has 1 N–H and O–H groups in total. The molecular weight excluding hydrogens is 284 g/mol. The van der Waals surface area contributed by atoms with E-state index in [0.717, 1.165) is 11.3 Å². The van der Waals surface area contributed by atoms with Crippen molar-refractivity contribution in [2.45, 2.75) is 11.8 Å². The number of benzene rings is 1. The summed E-state index contributed by atoms with van der Waals surface area (Å²) in [7, 11) is 0. The van der Waals surface area contributed by atoms with Crippen molar-refractivity contribution in [1.82, 2.24) is 14.6 Å². The maximum Gasteiger partial charge on any atom is 0.222 e. The Kier molecular flexibility index (Phi) is 3.62. The highest BCUT2D eigenvalue weighted by Crippen LogP contribution is 2.23. The number of imidazole rings is 1. The molecule has 0 aliphatic carbocycles. The van der Waals surface area contributed by atoms with Gasteiger partial charge < -0.3 is 5.32 Å². The lowest BCUT2D eigenvalue weighted by atomic mass is 10.1. The van der Waals surface area contributed by atoms with Crippen LogP contribution in [0.5, 0.6) is 0 Å². The van der Waals surface area contributed by atoms with Gasteiger partial charge in [-0.25, -0.2) is 9.50 Å². The number of nitrogens with one attached hydrogen (secondary N) is 1. The van der Waals surface area contributed by atoms with Gasteiger partial charge in [0.2, 0.25) is 5.91 Å². The van der Waals surface area contributed by atoms with Gasteiger partial charge in [0, 0.05) is 17.4 Å². The standard InChI is InChI=1S/C15H14N4OS/c1-10(20)16-14-9-19-15(17-14)7-6-13(18-19)11-4-3-5-12(8-11)21-2/h3-9H,1-2H3,(H,16,20). The number of aromatic nitrogens is 3. The van der Waals surface area contributed by atoms with E-state index in [1.165, 1.54) is 11.8 Å². The van der Waals surface area contributed by atoms with Crippen LogP contribution < -0.4 is 5.32 Å². The smallest absolute Gasteiger partial charge is 0.222 e. The zero-order valence-electron chi connectivity index (χ0n) is 11.7. The lowest BCUT2D eigenvalue weighted by Crippen LogP contribution is -2.05. The van der Waals surface area contributed by atoms with Gasteiger partial charge in [-0.1, -0.05) is 12.1 Å². The Morgan fingerprint density at radius 2 is 2.14 bits per heavy atom. The van der Waals surface area contributed by atoms with Crippen molar-refractivity contribution in [2.75, 3.05) is 11.6 Å². The van der Waals surface area contributed by atoms with E-state index in [0.29, 0.717) is 11.5 Å². The van der Waals surface area contributed by atoms with E-state index in [1.807, 2.05) is 30.5 Å². The van der Waals surface area contributed by atoms with Crippen molar-refractivity contribution in [3.05, 3.63) is 42.6 Å². The van der Waals surface area contributed by atoms with E-state index in [-0.39, 0.29) is 5.91 Å². The first-order valence-corrected chi connectivity index (χ1v) is 7.66. The summed E-state index contributed by atoms with van der Waals surface area (Å²) < 4.78 is 1.67. The number of hydrogen-bond acceptors (Lipinski definition) is 4. The molecular formula is C15H14N4OS. The Bertz CT molecular complexity index is 812. The first-order valence-electron chi connectivity index (χ1n) is 6.44. The van der Waals surface area contributed by atoms with Crippen molar-refractivity contribution >= 4 is 29.1 Å². The van der Waals surface area contributed by atoms with Crippen LogP contribution in [-0.4, -0.2) is 26.8 Å². The third-order valence-corrected chi connectivity index (χ3v) is 3.71. The zero-order chi connectivity index (χ0) is 14.8. The second-order valence-electron chi connectivity index (χ2n) is 4.56. The number of carbonyl (C=O) groups is 1. The average molecular weight is 298 g/mol. The highest BCUT2D eigenvalue weighted by atomic mass is 32.2. The molecule has 21 heavy (non-hydrogen) atoms. The van der Waals surface area contributed by atoms with Crippen molar-refractivity contribution in [3.63, 3.8) is 0 Å². The second kappa shape index (κ2) is 5.57. The number of nitrogens with zero attached hydrogens (tertiary/aromatic N) is 3. The van der Waals surface area contributed by atoms with E-state index in [9.17, 15) is 4.79 Å². The van der Waals surface area contributed by atoms with Crippen LogP contribution in [0.15, 0.2) is 47.5 Å². The largest absolute Gasteiger partial charge is 0.310 e. The maximum absolute atomic E-state index is 11.1. The number of fused-ring (bicyclic) bond motifs is 1. The summed E-state index contributed by atoms with van der Waals surface area (Å²) >= 11 is 1.70. The van der Waals surface area contributed by atoms with Gasteiger partial charge >= 0.3 is 0 Å². The third kappa shape index (κ3) is 2.90. The molecule has 2 aromatic heterocycles. The van der Waals surface area contributed by atoms with Gasteiger partial charge in [0.25, 0.3) is 0 Å². The Labute approximate surface area is 126 Å². The van der Waals surface area contributed by atoms with Crippen LogP contribution in [0, 0.1) is 0 Å². The fourth-order valence-corrected chi connectivity index (χ4v) is 2.52. The van der Waals surface area contributed by atoms with Gasteiger partial charge in [0.1, 0.15) is 0 Å². The number of thioether (sulfide) groups is 1. The van der Waals surface area contributed by atoms with E-state index in [2.05, 4.69) is 27.5 Å². The Balaban J connectivity index is 2.01. The average Bonchev–Trinajstić information content (AvgIpc) is 2.87. The third-order valence-electron chi connectivity index (χ3n) is 2.99. The summed E-state index contributed by atoms with van der Waals surface area (Å²) in [6.45, 7) is 1.46. The molecule has 0 bridgehead atoms. The molecule has 3 aromatic rings. The number of carbonyl (C=O) groups excluding carboxylic acids is 1. The fraction of sp³-hybridized carbons (Fsp3) is 0.133. The van der Waals surface area contributed by atoms with E-state index in [4.69, 9.17) is 0 Å². The minimum Gasteiger partial charge on any atom is -0.310 e. The maximum atomic E-state index is 11.1. The van der Waals surface area contributed by atoms with Gasteiger partial charge in [0.15, 0.2) is 11.5 Å². The summed E-state index contributed by atoms with van der Waals surface area (Å²) in [6.07, 6.45) is 3.75. The molecule has 0 saturated carbocycles. The lowest BCUT2D eigenvalue weighted by Gasteiger charge is -2.03. The van der Waals surface area contributed by atoms with Crippen LogP contribution in [0.2, 0.25) is 0 Å². The number of hydrogen-bond donors (Lipinski definition) is 1. The molecule has 0 aliphatic rings. The van der Waals surface area contributed by atoms with Gasteiger partial charge in [-0.15, -0.1) is 11.8 Å². The van der Waals surface area contributed by atoms with Gasteiger partial charge in [-0.2, -0.15) is 5.10 Å². The number of amides is 1. The second-order valence-corrected chi connectivity index (χ2v) is 5.44. The van der Waals surface area contributed by atoms with Crippen molar-refractivity contribution < 1.29 is 4.79 Å². The van der Waals surface area contributed by atoms with Crippen LogP contribution >= 0.6 is 11.8 Å². The molecule has 1 amide bonds. The highest BCUT2D eigenvalue weighted by Gasteiger charge is 2.06. The summed E-state index contributed by atoms with van der Waals surface area (Å²) in [5.74, 6) is 0.358. The predicted molar refractivity (Wildman–Crippen MR) is 84.5 cm³/mol. The molecule has 0 aliphatic heterocycles. The Morgan fingerprint density at radius 3 is 2.90 bits per heavy atom. The monoisotopic (exact) mass is 298 g/mol. The van der Waals surface area contributed by atoms with E-state index >= 15 is 0 Å². The normalized spacial score (nSPS) is 10.8. The molecule has 0 spiro atoms. The SMILES string of the molecule is CSc1cccc(-c2ccc3nc(NC(C)=O)cn3n2)c1. The zero-order valence-corrected chi connectivity index (χ0v) is 12.5. The number of rotatable bonds is 3. The number of anilines is 1. The van der Waals surface area contributed by atoms with Gasteiger partial charge in [0.05, 0.1) is 11.9 Å². The van der Waals surface area contributed by atoms with Crippen molar-refractivity contribution in [1.29, 1.82) is 0 Å². The minimum atomic E-state index is -0.147. The molecule has 5 nitrogen and oxygen atoms in total. The molecule has 0 radical (unpaired) electrons. The minimum absolute atomic E-state index is 0.147. The molecule has 0 unspecified atom stereocenters. The molecule has 3 rings (SSSR count). The Hall–Kier alpha value is -2.34. The lowest BCUT2D eigenvalue weighted by molar-refractivity contribution is -0.114. The van der Waals surface area contributed by atoms with Crippen LogP contribution in [0.1, 0.15) is 6.92 Å². The van der Waals surface area contributed by atoms with Crippen molar-refractivity contribution in [3.8, 4) is 11.3 Å². The van der Waals surface area contributed by atoms with Crippen LogP contribution in [0.3, 0.4) is 0 Å². The van der Waals surface area contributed by atoms with Crippen LogP contribution in [-0.2, 0) is 4.79 Å². The van der Waals surface area contributed by atoms with Crippen LogP contribution in [0.25, 0.3) is 16.9 Å². The fourth-order valence-electron chi connectivity index (χ4n) is 2.06. The molecule has 2 heterocycles. The first-order chi connectivity index (χ1) is 10.2. The molecule has 0 atom stereocenters. The molecule has 1 aromatic carbocycles. The Morgan fingerprint density at radius 1 is 1.29 bits per heavy atom. The summed E-state index contributed by atoms with van der Waals surface area (Å²) in [5, 5.41) is 7.20. The van der Waals surface area contributed by atoms with Crippen LogP contribution in [0.4, 0.5) is 5.82 Å². The summed E-state index contributed by atoms with van der Waals surface area (Å²) in [5.41, 5.74) is 2.62. The molecule has 0 fully saturated rings. The van der Waals surface area contributed by atoms with Gasteiger partial charge in [-0.05, 0) is 30.5 Å². The topological polar surface area (TPSA) is 59.3 Å². The molecule has 6 heteroatoms.